The van der Waals surface area contributed by atoms with Crippen molar-refractivity contribution in [1.29, 1.82) is 0 Å². The van der Waals surface area contributed by atoms with Crippen molar-refractivity contribution in [1.82, 2.24) is 4.72 Å². The van der Waals surface area contributed by atoms with Crippen molar-refractivity contribution in [2.24, 2.45) is 0 Å². The Morgan fingerprint density at radius 3 is 2.91 bits per heavy atom. The summed E-state index contributed by atoms with van der Waals surface area (Å²) >= 11 is 5.22. The summed E-state index contributed by atoms with van der Waals surface area (Å²) in [6.07, 6.45) is 4.59. The number of carboxylic acid groups (broad SMARTS) is 1. The Labute approximate surface area is 138 Å². The van der Waals surface area contributed by atoms with Gasteiger partial charge in [-0.2, -0.15) is 4.33 Å². The number of nitrogens with one attached hydrogen (secondary N) is 1. The van der Waals surface area contributed by atoms with E-state index in [-0.39, 0.29) is 12.6 Å². The summed E-state index contributed by atoms with van der Waals surface area (Å²) in [5.74, 6) is 0.205. The Morgan fingerprint density at radius 2 is 2.14 bits per heavy atom. The number of unbranched alkanes of at least 4 members (excludes halogenated alkanes) is 3. The molecule has 1 aromatic carbocycles. The molecule has 2 N–H and O–H groups in total. The quantitative estimate of drug-likeness (QED) is 0.361. The fraction of sp³-hybridized carbons (Fsp3) is 0.533. The molecule has 1 aliphatic heterocycles. The first-order valence-electron chi connectivity index (χ1n) is 7.47. The highest BCUT2D eigenvalue weighted by atomic mass is 35.5. The van der Waals surface area contributed by atoms with Gasteiger partial charge in [0.15, 0.2) is 6.23 Å². The smallest absolute Gasteiger partial charge is 0.303 e. The van der Waals surface area contributed by atoms with Crippen LogP contribution in [0.5, 0.6) is 0 Å². The van der Waals surface area contributed by atoms with Crippen LogP contribution < -0.4 is 4.72 Å². The topological polar surface area (TPSA) is 67.8 Å². The largest absolute Gasteiger partial charge is 0.481 e. The molecular formula is C15H22ClNO4S. The van der Waals surface area contributed by atoms with Crippen molar-refractivity contribution in [2.75, 3.05) is 5.75 Å². The third-order valence-corrected chi connectivity index (χ3v) is 5.15. The minimum Gasteiger partial charge on any atom is -0.481 e. The van der Waals surface area contributed by atoms with Crippen LogP contribution in [0.25, 0.3) is 0 Å². The standard InChI is InChI=1S/C15H22ClNO4S/c16-13-7-5-6-12(10-13)11-14-17-22(21-20-14)9-4-2-1-3-8-15(18)19/h5-7,10,14,17,22H,1-4,8-9,11H2,(H,18,19). The van der Waals surface area contributed by atoms with Gasteiger partial charge in [-0.15, -0.1) is 0 Å². The summed E-state index contributed by atoms with van der Waals surface area (Å²) in [4.78, 5) is 15.7. The Balaban J connectivity index is 1.58. The lowest BCUT2D eigenvalue weighted by Crippen LogP contribution is -2.23. The van der Waals surface area contributed by atoms with E-state index in [1.165, 1.54) is 0 Å². The highest BCUT2D eigenvalue weighted by Gasteiger charge is 2.23. The number of hydrogen-bond acceptors (Lipinski definition) is 4. The van der Waals surface area contributed by atoms with E-state index in [4.69, 9.17) is 25.9 Å². The van der Waals surface area contributed by atoms with Gasteiger partial charge in [-0.05, 0) is 30.5 Å². The first kappa shape index (κ1) is 17.6. The summed E-state index contributed by atoms with van der Waals surface area (Å²) < 4.78 is 8.69. The molecule has 7 heteroatoms. The van der Waals surface area contributed by atoms with Crippen LogP contribution in [0, 0.1) is 0 Å². The van der Waals surface area contributed by atoms with Crippen LogP contribution in [0.2, 0.25) is 5.02 Å². The average Bonchev–Trinajstić information content (AvgIpc) is 2.90. The van der Waals surface area contributed by atoms with Crippen LogP contribution >= 0.6 is 23.0 Å². The van der Waals surface area contributed by atoms with Gasteiger partial charge in [0.1, 0.15) is 0 Å². The highest BCUT2D eigenvalue weighted by molar-refractivity contribution is 8.11. The third kappa shape index (κ3) is 6.54. The van der Waals surface area contributed by atoms with Crippen molar-refractivity contribution >= 4 is 28.9 Å². The lowest BCUT2D eigenvalue weighted by atomic mass is 10.1. The molecule has 0 amide bonds. The second kappa shape index (κ2) is 9.37. The van der Waals surface area contributed by atoms with Crippen molar-refractivity contribution in [3.63, 3.8) is 0 Å². The summed E-state index contributed by atoms with van der Waals surface area (Å²) in [5, 5.41) is 9.28. The van der Waals surface area contributed by atoms with E-state index >= 15 is 0 Å². The van der Waals surface area contributed by atoms with Gasteiger partial charge in [0.05, 0.1) is 0 Å². The zero-order chi connectivity index (χ0) is 15.8. The molecule has 124 valence electrons. The summed E-state index contributed by atoms with van der Waals surface area (Å²) in [6, 6.07) is 7.71. The van der Waals surface area contributed by atoms with E-state index < -0.39 is 17.3 Å². The van der Waals surface area contributed by atoms with Gasteiger partial charge in [0.25, 0.3) is 0 Å². The lowest BCUT2D eigenvalue weighted by molar-refractivity contribution is -0.212. The third-order valence-electron chi connectivity index (χ3n) is 3.35. The molecule has 1 heterocycles. The monoisotopic (exact) mass is 347 g/mol. The molecule has 1 aliphatic rings. The van der Waals surface area contributed by atoms with E-state index in [0.29, 0.717) is 0 Å². The van der Waals surface area contributed by atoms with Crippen LogP contribution in [-0.2, 0) is 20.4 Å². The predicted molar refractivity (Wildman–Crippen MR) is 88.8 cm³/mol. The molecule has 0 saturated carbocycles. The molecule has 0 aromatic heterocycles. The Kier molecular flexibility index (Phi) is 7.48. The van der Waals surface area contributed by atoms with Gasteiger partial charge in [0.2, 0.25) is 0 Å². The van der Waals surface area contributed by atoms with Crippen LogP contribution in [0.3, 0.4) is 0 Å². The average molecular weight is 348 g/mol. The maximum atomic E-state index is 10.4. The molecule has 2 atom stereocenters. The zero-order valence-corrected chi connectivity index (χ0v) is 14.0. The van der Waals surface area contributed by atoms with Gasteiger partial charge >= 0.3 is 5.97 Å². The van der Waals surface area contributed by atoms with Crippen LogP contribution in [0.4, 0.5) is 0 Å². The molecule has 0 spiro atoms. The predicted octanol–water partition coefficient (Wildman–Crippen LogP) is 3.63. The van der Waals surface area contributed by atoms with E-state index in [0.717, 1.165) is 48.4 Å². The maximum Gasteiger partial charge on any atom is 0.303 e. The first-order chi connectivity index (χ1) is 10.6. The van der Waals surface area contributed by atoms with E-state index in [9.17, 15) is 4.79 Å². The zero-order valence-electron chi connectivity index (χ0n) is 12.3. The molecule has 5 nitrogen and oxygen atoms in total. The molecular weight excluding hydrogens is 326 g/mol. The van der Waals surface area contributed by atoms with E-state index in [1.807, 2.05) is 24.3 Å². The fourth-order valence-electron chi connectivity index (χ4n) is 2.25. The maximum absolute atomic E-state index is 10.4. The molecule has 22 heavy (non-hydrogen) atoms. The Morgan fingerprint density at radius 1 is 1.32 bits per heavy atom. The SMILES string of the molecule is O=C(O)CCCCCC[SH]1NC(Cc2cccc(Cl)c2)OO1. The molecule has 2 unspecified atom stereocenters. The normalized spacial score (nSPS) is 22.8. The van der Waals surface area contributed by atoms with Gasteiger partial charge < -0.3 is 5.11 Å². The minimum atomic E-state index is -0.743. The summed E-state index contributed by atoms with van der Waals surface area (Å²) in [6.45, 7) is 0. The van der Waals surface area contributed by atoms with E-state index in [2.05, 4.69) is 4.72 Å². The number of rotatable bonds is 9. The number of carboxylic acids is 1. The first-order valence-corrected chi connectivity index (χ1v) is 9.29. The molecule has 0 radical (unpaired) electrons. The Hall–Kier alpha value is -0.790. The number of halogens is 1. The number of hydrogen-bond donors (Lipinski definition) is 3. The number of aliphatic carboxylic acids is 1. The highest BCUT2D eigenvalue weighted by Crippen LogP contribution is 2.32. The molecule has 1 aromatic rings. The summed E-state index contributed by atoms with van der Waals surface area (Å²) in [5.41, 5.74) is 1.11. The van der Waals surface area contributed by atoms with Crippen LogP contribution in [-0.4, -0.2) is 23.1 Å². The molecule has 1 saturated heterocycles. The van der Waals surface area contributed by atoms with Gasteiger partial charge in [-0.25, -0.2) is 9.61 Å². The number of thiol groups is 1. The van der Waals surface area contributed by atoms with Gasteiger partial charge in [-0.1, -0.05) is 47.9 Å². The van der Waals surface area contributed by atoms with Crippen LogP contribution in [0.15, 0.2) is 24.3 Å². The second-order valence-electron chi connectivity index (χ2n) is 5.28. The van der Waals surface area contributed by atoms with Gasteiger partial charge in [-0.3, -0.25) is 4.79 Å². The van der Waals surface area contributed by atoms with Crippen molar-refractivity contribution in [2.45, 2.75) is 44.8 Å². The van der Waals surface area contributed by atoms with Gasteiger partial charge in [0, 0.05) is 23.6 Å². The Bertz CT molecular complexity index is 488. The second-order valence-corrected chi connectivity index (χ2v) is 7.33. The molecule has 0 bridgehead atoms. The fourth-order valence-corrected chi connectivity index (χ4v) is 3.89. The van der Waals surface area contributed by atoms with Crippen molar-refractivity contribution < 1.29 is 19.1 Å². The van der Waals surface area contributed by atoms with Crippen LogP contribution in [0.1, 0.15) is 37.7 Å². The molecule has 2 rings (SSSR count). The number of benzene rings is 1. The van der Waals surface area contributed by atoms with Crippen molar-refractivity contribution in [3.05, 3.63) is 34.9 Å². The molecule has 0 aliphatic carbocycles. The van der Waals surface area contributed by atoms with E-state index in [1.54, 1.807) is 0 Å². The van der Waals surface area contributed by atoms with Crippen molar-refractivity contribution in [3.8, 4) is 0 Å². The number of carbonyl (C=O) groups is 1. The molecule has 1 fully saturated rings. The lowest BCUT2D eigenvalue weighted by Gasteiger charge is -2.12. The summed E-state index contributed by atoms with van der Waals surface area (Å²) in [7, 11) is 0. The minimum absolute atomic E-state index is 0.128.